The molecule has 4 nitrogen and oxygen atoms in total. The van der Waals surface area contributed by atoms with E-state index in [-0.39, 0.29) is 57.7 Å². The van der Waals surface area contributed by atoms with E-state index in [2.05, 4.69) is 3.03 Å². The summed E-state index contributed by atoms with van der Waals surface area (Å²) in [5, 5.41) is 0. The third-order valence-electron chi connectivity index (χ3n) is 0.106. The van der Waals surface area contributed by atoms with Crippen molar-refractivity contribution in [3.63, 3.8) is 0 Å². The van der Waals surface area contributed by atoms with Gasteiger partial charge in [-0.05, 0) is 0 Å². The van der Waals surface area contributed by atoms with Gasteiger partial charge < -0.3 is 0 Å². The van der Waals surface area contributed by atoms with Crippen LogP contribution in [0.5, 0.6) is 0 Å². The number of hydrogen-bond acceptors (Lipinski definition) is 2. The molecular weight excluding hydrogens is 310 g/mol. The molecule has 8 heavy (non-hydrogen) atoms. The summed E-state index contributed by atoms with van der Waals surface area (Å²) in [4.78, 5) is 15.5. The van der Waals surface area contributed by atoms with Crippen LogP contribution in [0.3, 0.4) is 0 Å². The van der Waals surface area contributed by atoms with Crippen molar-refractivity contribution in [2.75, 3.05) is 0 Å². The van der Waals surface area contributed by atoms with Gasteiger partial charge in [-0.15, -0.1) is 0 Å². The van der Waals surface area contributed by atoms with E-state index >= 15 is 0 Å². The number of rotatable bonds is 1. The molecule has 8 heteroatoms. The monoisotopic (exact) mass is 316 g/mol. The van der Waals surface area contributed by atoms with Gasteiger partial charge in [0.15, 0.2) is 17.4 Å². The summed E-state index contributed by atoms with van der Waals surface area (Å²) in [5.74, 6) is 0. The SMILES string of the molecule is O=P(O)(O)[O][Ta].[AlH3].[LiH]. The van der Waals surface area contributed by atoms with Crippen molar-refractivity contribution in [2.45, 2.75) is 0 Å². The van der Waals surface area contributed by atoms with Crippen LogP contribution in [0.1, 0.15) is 0 Å². The molecule has 0 aliphatic rings. The van der Waals surface area contributed by atoms with Gasteiger partial charge in [0.2, 0.25) is 0 Å². The first-order valence-electron chi connectivity index (χ1n) is 0.948. The van der Waals surface area contributed by atoms with Crippen LogP contribution in [-0.4, -0.2) is 46.0 Å². The van der Waals surface area contributed by atoms with Crippen LogP contribution in [0, 0.1) is 0 Å². The van der Waals surface area contributed by atoms with Gasteiger partial charge >= 0.3 is 65.5 Å². The van der Waals surface area contributed by atoms with Crippen molar-refractivity contribution < 1.29 is 38.8 Å². The maximum absolute atomic E-state index is 9.50. The molecule has 0 heterocycles. The van der Waals surface area contributed by atoms with Gasteiger partial charge in [0.05, 0.1) is 0 Å². The molecule has 0 saturated heterocycles. The summed E-state index contributed by atoms with van der Waals surface area (Å²) in [5.41, 5.74) is 0. The first-order chi connectivity index (χ1) is 2.56. The fourth-order valence-corrected chi connectivity index (χ4v) is 0. The van der Waals surface area contributed by atoms with E-state index in [0.29, 0.717) is 0 Å². The van der Waals surface area contributed by atoms with Crippen LogP contribution < -0.4 is 0 Å². The summed E-state index contributed by atoms with van der Waals surface area (Å²) in [6.07, 6.45) is 0. The molecule has 0 atom stereocenters. The first-order valence-corrected chi connectivity index (χ1v) is 3.79. The van der Waals surface area contributed by atoms with Gasteiger partial charge in [-0.2, -0.15) is 0 Å². The summed E-state index contributed by atoms with van der Waals surface area (Å²) < 4.78 is 13.2. The molecule has 0 unspecified atom stereocenters. The first kappa shape index (κ1) is 16.5. The van der Waals surface area contributed by atoms with Crippen molar-refractivity contribution in [1.82, 2.24) is 0 Å². The zero-order valence-corrected chi connectivity index (χ0v) is 6.71. The van der Waals surface area contributed by atoms with Crippen LogP contribution in [-0.2, 0) is 29.1 Å². The Balaban J connectivity index is -0.000000125. The Hall–Kier alpha value is 1.98. The molecule has 0 spiro atoms. The standard InChI is InChI=1S/Al.Li.H3O4P.Ta.4H/c;;1-5(2,3)4;;;;;/h;;(H3,1,2,3,4);;;;;/q;;;+1;;;;/p-1. The Morgan fingerprint density at radius 1 is 1.50 bits per heavy atom. The van der Waals surface area contributed by atoms with E-state index in [1.54, 1.807) is 0 Å². The molecule has 0 aromatic heterocycles. The molecule has 0 rings (SSSR count). The van der Waals surface area contributed by atoms with E-state index < -0.39 is 7.82 Å². The summed E-state index contributed by atoms with van der Waals surface area (Å²) in [6.45, 7) is 0. The summed E-state index contributed by atoms with van der Waals surface area (Å²) in [7, 11) is -4.10. The van der Waals surface area contributed by atoms with E-state index in [1.807, 2.05) is 0 Å². The molecule has 2 N–H and O–H groups in total. The van der Waals surface area contributed by atoms with Gasteiger partial charge in [0.1, 0.15) is 0 Å². The normalized spacial score (nSPS) is 8.75. The van der Waals surface area contributed by atoms with Gasteiger partial charge in [-0.3, -0.25) is 0 Å². The molecular formula is H6AlLiO4PTa. The summed E-state index contributed by atoms with van der Waals surface area (Å²) in [6, 6.07) is 0. The van der Waals surface area contributed by atoms with Crippen molar-refractivity contribution >= 4 is 44.0 Å². The zero-order valence-electron chi connectivity index (χ0n) is 2.61. The van der Waals surface area contributed by atoms with Gasteiger partial charge in [0.25, 0.3) is 0 Å². The Kier molecular flexibility index (Phi) is 14.6. The second-order valence-corrected chi connectivity index (χ2v) is 3.48. The molecule has 0 fully saturated rings. The third-order valence-corrected chi connectivity index (χ3v) is 2.61. The van der Waals surface area contributed by atoms with Crippen LogP contribution in [0.15, 0.2) is 0 Å². The predicted octanol–water partition coefficient (Wildman–Crippen LogP) is -2.27. The molecule has 0 radical (unpaired) electrons. The van der Waals surface area contributed by atoms with Gasteiger partial charge in [-0.1, -0.05) is 0 Å². The quantitative estimate of drug-likeness (QED) is 0.423. The molecule has 0 aromatic rings. The van der Waals surface area contributed by atoms with Crippen molar-refractivity contribution in [3.8, 4) is 0 Å². The molecule has 44 valence electrons. The van der Waals surface area contributed by atoms with Crippen molar-refractivity contribution in [3.05, 3.63) is 0 Å². The van der Waals surface area contributed by atoms with Gasteiger partial charge in [-0.25, -0.2) is 0 Å². The Labute approximate surface area is 82.3 Å². The van der Waals surface area contributed by atoms with Crippen molar-refractivity contribution in [1.29, 1.82) is 0 Å². The molecule has 0 bridgehead atoms. The second kappa shape index (κ2) is 7.09. The Bertz CT molecular complexity index is 80.1. The molecule has 0 amide bonds. The number of hydrogen-bond donors (Lipinski definition) is 2. The maximum atomic E-state index is 9.50. The van der Waals surface area contributed by atoms with E-state index in [4.69, 9.17) is 9.79 Å². The molecule has 0 aliphatic heterocycles. The van der Waals surface area contributed by atoms with Crippen molar-refractivity contribution in [2.24, 2.45) is 0 Å². The average Bonchev–Trinajstić information content (AvgIpc) is 1.35. The minimum atomic E-state index is -4.10. The predicted molar refractivity (Wildman–Crippen MR) is 30.2 cm³/mol. The van der Waals surface area contributed by atoms with Crippen LogP contribution in [0.4, 0.5) is 0 Å². The minimum absolute atomic E-state index is 0. The fraction of sp³-hybridized carbons (Fsp3) is 0. The van der Waals surface area contributed by atoms with Gasteiger partial charge in [0, 0.05) is 0 Å². The van der Waals surface area contributed by atoms with E-state index in [1.165, 1.54) is 0 Å². The number of phosphoric acid groups is 1. The van der Waals surface area contributed by atoms with Crippen LogP contribution in [0.25, 0.3) is 0 Å². The van der Waals surface area contributed by atoms with Crippen LogP contribution in [0.2, 0.25) is 0 Å². The molecule has 0 aromatic carbocycles. The average molecular weight is 316 g/mol. The fourth-order valence-electron chi connectivity index (χ4n) is 0. The van der Waals surface area contributed by atoms with E-state index in [0.717, 1.165) is 0 Å². The van der Waals surface area contributed by atoms with E-state index in [9.17, 15) is 4.57 Å². The third kappa shape index (κ3) is 15.7. The molecule has 0 saturated carbocycles. The van der Waals surface area contributed by atoms with Crippen LogP contribution >= 0.6 is 7.82 Å². The Morgan fingerprint density at radius 2 is 1.62 bits per heavy atom. The summed E-state index contributed by atoms with van der Waals surface area (Å²) >= 11 is 0.257. The molecule has 0 aliphatic carbocycles. The second-order valence-electron chi connectivity index (χ2n) is 0.572. The Morgan fingerprint density at radius 3 is 1.62 bits per heavy atom. The zero-order chi connectivity index (χ0) is 5.21. The topological polar surface area (TPSA) is 66.8 Å².